The van der Waals surface area contributed by atoms with E-state index in [1.165, 1.54) is 0 Å². The van der Waals surface area contributed by atoms with Gasteiger partial charge in [0.15, 0.2) is 0 Å². The maximum atomic E-state index is 12.4. The zero-order valence-electron chi connectivity index (χ0n) is 10.6. The lowest BCUT2D eigenvalue weighted by atomic mass is 10.1. The molecule has 0 aliphatic carbocycles. The van der Waals surface area contributed by atoms with E-state index in [0.717, 1.165) is 22.5 Å². The molecule has 0 saturated carbocycles. The van der Waals surface area contributed by atoms with Crippen LogP contribution in [0.4, 0.5) is 5.69 Å². The molecule has 8 nitrogen and oxygen atoms in total. The van der Waals surface area contributed by atoms with E-state index < -0.39 is 32.5 Å². The van der Waals surface area contributed by atoms with Crippen LogP contribution >= 0.6 is 11.6 Å². The molecule has 0 aromatic heterocycles. The lowest BCUT2D eigenvalue weighted by Crippen LogP contribution is -2.30. The number of rotatable bonds is 4. The van der Waals surface area contributed by atoms with Crippen LogP contribution in [0, 0.1) is 16.0 Å². The highest BCUT2D eigenvalue weighted by Gasteiger charge is 2.37. The first kappa shape index (κ1) is 15.7. The average Bonchev–Trinajstić information content (AvgIpc) is 2.89. The first-order chi connectivity index (χ1) is 9.73. The van der Waals surface area contributed by atoms with E-state index in [1.807, 2.05) is 0 Å². The summed E-state index contributed by atoms with van der Waals surface area (Å²) < 4.78 is 25.8. The van der Waals surface area contributed by atoms with E-state index in [9.17, 15) is 23.3 Å². The Kier molecular flexibility index (Phi) is 4.17. The molecule has 21 heavy (non-hydrogen) atoms. The van der Waals surface area contributed by atoms with Gasteiger partial charge in [0, 0.05) is 25.2 Å². The second-order valence-electron chi connectivity index (χ2n) is 4.56. The Bertz CT molecular complexity index is 705. The summed E-state index contributed by atoms with van der Waals surface area (Å²) in [4.78, 5) is 20.5. The van der Waals surface area contributed by atoms with Crippen molar-refractivity contribution in [2.24, 2.45) is 5.92 Å². The number of nitrogens with zero attached hydrogens (tertiary/aromatic N) is 2. The van der Waals surface area contributed by atoms with Crippen molar-refractivity contribution in [3.05, 3.63) is 33.3 Å². The van der Waals surface area contributed by atoms with E-state index in [0.29, 0.717) is 0 Å². The number of non-ortho nitro benzene ring substituents is 1. The van der Waals surface area contributed by atoms with Gasteiger partial charge in [-0.3, -0.25) is 14.9 Å². The van der Waals surface area contributed by atoms with Gasteiger partial charge in [-0.05, 0) is 12.5 Å². The summed E-state index contributed by atoms with van der Waals surface area (Å²) >= 11 is 5.82. The predicted octanol–water partition coefficient (Wildman–Crippen LogP) is 1.34. The normalized spacial score (nSPS) is 19.6. The lowest BCUT2D eigenvalue weighted by molar-refractivity contribution is -0.385. The van der Waals surface area contributed by atoms with Crippen molar-refractivity contribution >= 4 is 33.3 Å². The third-order valence-corrected chi connectivity index (χ3v) is 5.59. The second kappa shape index (κ2) is 5.58. The van der Waals surface area contributed by atoms with Crippen molar-refractivity contribution in [1.29, 1.82) is 0 Å². The first-order valence-electron chi connectivity index (χ1n) is 5.90. The number of sulfonamides is 1. The Morgan fingerprint density at radius 1 is 1.48 bits per heavy atom. The van der Waals surface area contributed by atoms with Gasteiger partial charge in [0.1, 0.15) is 4.90 Å². The molecule has 114 valence electrons. The molecule has 1 N–H and O–H groups in total. The van der Waals surface area contributed by atoms with Gasteiger partial charge < -0.3 is 5.11 Å². The van der Waals surface area contributed by atoms with E-state index in [1.54, 1.807) is 0 Å². The van der Waals surface area contributed by atoms with Crippen LogP contribution in [-0.2, 0) is 14.8 Å². The number of hydrogen-bond donors (Lipinski definition) is 1. The van der Waals surface area contributed by atoms with Gasteiger partial charge in [-0.1, -0.05) is 11.6 Å². The standard InChI is InChI=1S/C11H11ClN2O6S/c12-9-2-1-8(14(17)18)5-10(9)21(19,20)13-4-3-7(6-13)11(15)16/h1-2,5,7H,3-4,6H2,(H,15,16). The minimum Gasteiger partial charge on any atom is -0.481 e. The predicted molar refractivity (Wildman–Crippen MR) is 72.6 cm³/mol. The summed E-state index contributed by atoms with van der Waals surface area (Å²) in [6, 6.07) is 3.12. The summed E-state index contributed by atoms with van der Waals surface area (Å²) in [5.74, 6) is -1.85. The van der Waals surface area contributed by atoms with Crippen molar-refractivity contribution in [2.45, 2.75) is 11.3 Å². The summed E-state index contributed by atoms with van der Waals surface area (Å²) in [7, 11) is -4.06. The molecule has 1 unspecified atom stereocenters. The highest BCUT2D eigenvalue weighted by molar-refractivity contribution is 7.89. The third kappa shape index (κ3) is 2.99. The highest BCUT2D eigenvalue weighted by Crippen LogP contribution is 2.31. The Morgan fingerprint density at radius 2 is 2.14 bits per heavy atom. The van der Waals surface area contributed by atoms with Gasteiger partial charge in [-0.25, -0.2) is 8.42 Å². The maximum Gasteiger partial charge on any atom is 0.307 e. The van der Waals surface area contributed by atoms with Crippen LogP contribution in [-0.4, -0.2) is 41.8 Å². The summed E-state index contributed by atoms with van der Waals surface area (Å²) in [6.45, 7) is -0.130. The molecule has 1 heterocycles. The highest BCUT2D eigenvalue weighted by atomic mass is 35.5. The van der Waals surface area contributed by atoms with Crippen LogP contribution in [0.2, 0.25) is 5.02 Å². The number of carbonyl (C=O) groups is 1. The van der Waals surface area contributed by atoms with Crippen LogP contribution in [0.1, 0.15) is 6.42 Å². The van der Waals surface area contributed by atoms with Crippen molar-refractivity contribution in [3.8, 4) is 0 Å². The molecule has 1 aromatic rings. The van der Waals surface area contributed by atoms with Crippen LogP contribution < -0.4 is 0 Å². The maximum absolute atomic E-state index is 12.4. The van der Waals surface area contributed by atoms with Crippen LogP contribution in [0.25, 0.3) is 0 Å². The minimum atomic E-state index is -4.06. The van der Waals surface area contributed by atoms with E-state index >= 15 is 0 Å². The van der Waals surface area contributed by atoms with Gasteiger partial charge in [-0.2, -0.15) is 4.31 Å². The monoisotopic (exact) mass is 334 g/mol. The van der Waals surface area contributed by atoms with Crippen molar-refractivity contribution in [1.82, 2.24) is 4.31 Å². The molecular weight excluding hydrogens is 324 g/mol. The quantitative estimate of drug-likeness (QED) is 0.655. The molecule has 2 rings (SSSR count). The second-order valence-corrected chi connectivity index (χ2v) is 6.87. The van der Waals surface area contributed by atoms with Gasteiger partial charge in [-0.15, -0.1) is 0 Å². The molecule has 1 fully saturated rings. The number of halogens is 1. The van der Waals surface area contributed by atoms with Gasteiger partial charge in [0.2, 0.25) is 10.0 Å². The number of benzene rings is 1. The molecule has 10 heteroatoms. The Morgan fingerprint density at radius 3 is 2.67 bits per heavy atom. The fourth-order valence-corrected chi connectivity index (χ4v) is 4.08. The van der Waals surface area contributed by atoms with Crippen LogP contribution in [0.5, 0.6) is 0 Å². The molecule has 0 spiro atoms. The third-order valence-electron chi connectivity index (χ3n) is 3.24. The fourth-order valence-electron chi connectivity index (χ4n) is 2.09. The molecule has 1 saturated heterocycles. The van der Waals surface area contributed by atoms with Crippen molar-refractivity contribution in [3.63, 3.8) is 0 Å². The SMILES string of the molecule is O=C(O)C1CCN(S(=O)(=O)c2cc([N+](=O)[O-])ccc2Cl)C1. The Labute approximate surface area is 125 Å². The summed E-state index contributed by atoms with van der Waals surface area (Å²) in [6.07, 6.45) is 0.196. The summed E-state index contributed by atoms with van der Waals surface area (Å²) in [5, 5.41) is 19.5. The minimum absolute atomic E-state index is 0.0400. The number of nitro benzene ring substituents is 1. The van der Waals surface area contributed by atoms with E-state index in [2.05, 4.69) is 0 Å². The zero-order valence-corrected chi connectivity index (χ0v) is 12.2. The Balaban J connectivity index is 2.39. The number of hydrogen-bond acceptors (Lipinski definition) is 5. The number of nitro groups is 1. The molecule has 0 bridgehead atoms. The topological polar surface area (TPSA) is 118 Å². The first-order valence-corrected chi connectivity index (χ1v) is 7.72. The van der Waals surface area contributed by atoms with Gasteiger partial charge in [0.05, 0.1) is 15.9 Å². The van der Waals surface area contributed by atoms with Crippen molar-refractivity contribution in [2.75, 3.05) is 13.1 Å². The number of aliphatic carboxylic acids is 1. The van der Waals surface area contributed by atoms with Crippen LogP contribution in [0.15, 0.2) is 23.1 Å². The molecule has 1 aromatic carbocycles. The number of carboxylic acids is 1. The van der Waals surface area contributed by atoms with Gasteiger partial charge in [0.25, 0.3) is 5.69 Å². The Hall–Kier alpha value is -1.71. The fraction of sp³-hybridized carbons (Fsp3) is 0.364. The van der Waals surface area contributed by atoms with Gasteiger partial charge >= 0.3 is 5.97 Å². The van der Waals surface area contributed by atoms with Crippen LogP contribution in [0.3, 0.4) is 0 Å². The molecule has 1 aliphatic rings. The molecule has 1 atom stereocenters. The molecule has 1 aliphatic heterocycles. The van der Waals surface area contributed by atoms with E-state index in [4.69, 9.17) is 16.7 Å². The number of carboxylic acid groups (broad SMARTS) is 1. The largest absolute Gasteiger partial charge is 0.481 e. The smallest absolute Gasteiger partial charge is 0.307 e. The lowest BCUT2D eigenvalue weighted by Gasteiger charge is -2.16. The average molecular weight is 335 g/mol. The molecular formula is C11H11ClN2O6S. The molecule has 0 amide bonds. The van der Waals surface area contributed by atoms with Crippen molar-refractivity contribution < 1.29 is 23.2 Å². The summed E-state index contributed by atoms with van der Waals surface area (Å²) in [5.41, 5.74) is -0.396. The zero-order chi connectivity index (χ0) is 15.8. The molecule has 0 radical (unpaired) electrons. The van der Waals surface area contributed by atoms with E-state index in [-0.39, 0.29) is 29.4 Å².